The first-order valence-corrected chi connectivity index (χ1v) is 5.93. The van der Waals surface area contributed by atoms with Crippen LogP contribution in [-0.4, -0.2) is 12.0 Å². The molecule has 0 radical (unpaired) electrons. The van der Waals surface area contributed by atoms with Crippen molar-refractivity contribution < 1.29 is 0 Å². The van der Waals surface area contributed by atoms with Crippen LogP contribution in [0.1, 0.15) is 11.3 Å². The maximum atomic E-state index is 5.88. The number of benzene rings is 1. The van der Waals surface area contributed by atoms with Gasteiger partial charge in [0.1, 0.15) is 5.15 Å². The van der Waals surface area contributed by atoms with Crippen LogP contribution in [0, 0.1) is 6.92 Å². The van der Waals surface area contributed by atoms with Crippen LogP contribution < -0.4 is 4.90 Å². The Balaban J connectivity index is 2.17. The van der Waals surface area contributed by atoms with E-state index < -0.39 is 0 Å². The molecule has 0 spiro atoms. The average molecular weight is 247 g/mol. The first kappa shape index (κ1) is 11.9. The summed E-state index contributed by atoms with van der Waals surface area (Å²) in [6.07, 6.45) is 0. The first-order chi connectivity index (χ1) is 8.16. The van der Waals surface area contributed by atoms with Gasteiger partial charge in [0.05, 0.1) is 12.2 Å². The molecule has 0 bridgehead atoms. The predicted octanol–water partition coefficient (Wildman–Crippen LogP) is 3.68. The molecule has 0 fully saturated rings. The van der Waals surface area contributed by atoms with Gasteiger partial charge in [-0.2, -0.15) is 0 Å². The highest BCUT2D eigenvalue weighted by molar-refractivity contribution is 6.29. The molecular formula is C14H15ClN2. The van der Waals surface area contributed by atoms with Gasteiger partial charge in [0, 0.05) is 12.7 Å². The lowest BCUT2D eigenvalue weighted by Crippen LogP contribution is -2.18. The van der Waals surface area contributed by atoms with Crippen molar-refractivity contribution in [2.75, 3.05) is 11.9 Å². The van der Waals surface area contributed by atoms with Crippen LogP contribution in [0.5, 0.6) is 0 Å². The second kappa shape index (κ2) is 5.19. The number of rotatable bonds is 3. The molecular weight excluding hydrogens is 232 g/mol. The fourth-order valence-electron chi connectivity index (χ4n) is 1.86. The highest BCUT2D eigenvalue weighted by Gasteiger charge is 2.05. The SMILES string of the molecule is Cc1ccccc1N(C)Cc1cccc(Cl)n1. The normalized spacial score (nSPS) is 10.3. The maximum Gasteiger partial charge on any atom is 0.129 e. The van der Waals surface area contributed by atoms with Crippen molar-refractivity contribution in [2.24, 2.45) is 0 Å². The molecule has 0 saturated heterocycles. The smallest absolute Gasteiger partial charge is 0.129 e. The zero-order chi connectivity index (χ0) is 12.3. The maximum absolute atomic E-state index is 5.88. The zero-order valence-corrected chi connectivity index (χ0v) is 10.8. The molecule has 3 heteroatoms. The Hall–Kier alpha value is -1.54. The number of anilines is 1. The lowest BCUT2D eigenvalue weighted by molar-refractivity contribution is 0.881. The van der Waals surface area contributed by atoms with Crippen molar-refractivity contribution in [1.82, 2.24) is 4.98 Å². The van der Waals surface area contributed by atoms with E-state index in [2.05, 4.69) is 36.0 Å². The minimum Gasteiger partial charge on any atom is -0.368 e. The number of nitrogens with zero attached hydrogens (tertiary/aromatic N) is 2. The molecule has 1 aromatic carbocycles. The molecule has 0 saturated carbocycles. The van der Waals surface area contributed by atoms with E-state index in [1.54, 1.807) is 6.07 Å². The molecule has 0 aliphatic carbocycles. The van der Waals surface area contributed by atoms with E-state index in [0.29, 0.717) is 5.15 Å². The lowest BCUT2D eigenvalue weighted by atomic mass is 10.2. The number of hydrogen-bond donors (Lipinski definition) is 0. The molecule has 0 amide bonds. The number of aryl methyl sites for hydroxylation is 1. The third-order valence-corrected chi connectivity index (χ3v) is 2.91. The summed E-state index contributed by atoms with van der Waals surface area (Å²) in [6.45, 7) is 2.86. The van der Waals surface area contributed by atoms with Gasteiger partial charge in [0.15, 0.2) is 0 Å². The molecule has 2 nitrogen and oxygen atoms in total. The molecule has 2 rings (SSSR count). The summed E-state index contributed by atoms with van der Waals surface area (Å²) in [7, 11) is 2.06. The summed E-state index contributed by atoms with van der Waals surface area (Å²) >= 11 is 5.88. The van der Waals surface area contributed by atoms with Gasteiger partial charge in [0.25, 0.3) is 0 Å². The molecule has 1 aromatic heterocycles. The fourth-order valence-corrected chi connectivity index (χ4v) is 2.04. The molecule has 88 valence electrons. The van der Waals surface area contributed by atoms with E-state index in [0.717, 1.165) is 12.2 Å². The fraction of sp³-hybridized carbons (Fsp3) is 0.214. The number of para-hydroxylation sites is 1. The van der Waals surface area contributed by atoms with Crippen LogP contribution in [0.3, 0.4) is 0 Å². The van der Waals surface area contributed by atoms with Crippen LogP contribution in [0.2, 0.25) is 5.15 Å². The van der Waals surface area contributed by atoms with Gasteiger partial charge in [-0.1, -0.05) is 35.9 Å². The second-order valence-electron chi connectivity index (χ2n) is 4.09. The molecule has 0 N–H and O–H groups in total. The number of halogens is 1. The second-order valence-corrected chi connectivity index (χ2v) is 4.48. The highest BCUT2D eigenvalue weighted by atomic mass is 35.5. The summed E-state index contributed by atoms with van der Waals surface area (Å²) in [4.78, 5) is 6.47. The number of pyridine rings is 1. The molecule has 0 aliphatic rings. The van der Waals surface area contributed by atoms with E-state index in [1.165, 1.54) is 11.3 Å². The van der Waals surface area contributed by atoms with Crippen molar-refractivity contribution in [3.8, 4) is 0 Å². The van der Waals surface area contributed by atoms with Crippen molar-refractivity contribution in [2.45, 2.75) is 13.5 Å². The minimum atomic E-state index is 0.542. The van der Waals surface area contributed by atoms with Crippen molar-refractivity contribution in [3.05, 3.63) is 58.9 Å². The van der Waals surface area contributed by atoms with Gasteiger partial charge in [-0.05, 0) is 30.7 Å². The Morgan fingerprint density at radius 1 is 1.12 bits per heavy atom. The van der Waals surface area contributed by atoms with Gasteiger partial charge in [0.2, 0.25) is 0 Å². The zero-order valence-electron chi connectivity index (χ0n) is 10.0. The average Bonchev–Trinajstić information content (AvgIpc) is 2.29. The summed E-state index contributed by atoms with van der Waals surface area (Å²) < 4.78 is 0. The molecule has 2 aromatic rings. The van der Waals surface area contributed by atoms with E-state index >= 15 is 0 Å². The Labute approximate surface area is 107 Å². The lowest BCUT2D eigenvalue weighted by Gasteiger charge is -2.20. The van der Waals surface area contributed by atoms with E-state index in [4.69, 9.17) is 11.6 Å². The quantitative estimate of drug-likeness (QED) is 0.768. The van der Waals surface area contributed by atoms with Crippen molar-refractivity contribution in [3.63, 3.8) is 0 Å². The van der Waals surface area contributed by atoms with Gasteiger partial charge in [-0.25, -0.2) is 4.98 Å². The monoisotopic (exact) mass is 246 g/mol. The van der Waals surface area contributed by atoms with E-state index in [1.807, 2.05) is 24.3 Å². The van der Waals surface area contributed by atoms with Crippen LogP contribution in [0.25, 0.3) is 0 Å². The van der Waals surface area contributed by atoms with Gasteiger partial charge in [-0.15, -0.1) is 0 Å². The van der Waals surface area contributed by atoms with Crippen LogP contribution in [-0.2, 0) is 6.54 Å². The summed E-state index contributed by atoms with van der Waals surface area (Å²) in [5, 5.41) is 0.542. The van der Waals surface area contributed by atoms with E-state index in [-0.39, 0.29) is 0 Å². The first-order valence-electron chi connectivity index (χ1n) is 5.55. The van der Waals surface area contributed by atoms with Crippen molar-refractivity contribution in [1.29, 1.82) is 0 Å². The Bertz CT molecular complexity index is 511. The third kappa shape index (κ3) is 2.98. The van der Waals surface area contributed by atoms with Crippen molar-refractivity contribution >= 4 is 17.3 Å². The predicted molar refractivity (Wildman–Crippen MR) is 72.5 cm³/mol. The summed E-state index contributed by atoms with van der Waals surface area (Å²) in [5.74, 6) is 0. The highest BCUT2D eigenvalue weighted by Crippen LogP contribution is 2.19. The molecule has 1 heterocycles. The van der Waals surface area contributed by atoms with Gasteiger partial charge >= 0.3 is 0 Å². The Kier molecular flexibility index (Phi) is 3.64. The third-order valence-electron chi connectivity index (χ3n) is 2.70. The van der Waals surface area contributed by atoms with Crippen LogP contribution in [0.15, 0.2) is 42.5 Å². The number of hydrogen-bond acceptors (Lipinski definition) is 2. The van der Waals surface area contributed by atoms with Crippen LogP contribution in [0.4, 0.5) is 5.69 Å². The summed E-state index contributed by atoms with van der Waals surface area (Å²) in [5.41, 5.74) is 3.45. The van der Waals surface area contributed by atoms with Gasteiger partial charge < -0.3 is 4.90 Å². The topological polar surface area (TPSA) is 16.1 Å². The summed E-state index contributed by atoms with van der Waals surface area (Å²) in [6, 6.07) is 14.0. The molecule has 0 aliphatic heterocycles. The molecule has 0 atom stereocenters. The largest absolute Gasteiger partial charge is 0.368 e. The van der Waals surface area contributed by atoms with Gasteiger partial charge in [-0.3, -0.25) is 0 Å². The minimum absolute atomic E-state index is 0.542. The Morgan fingerprint density at radius 3 is 2.59 bits per heavy atom. The molecule has 0 unspecified atom stereocenters. The number of aromatic nitrogens is 1. The Morgan fingerprint density at radius 2 is 1.88 bits per heavy atom. The van der Waals surface area contributed by atoms with E-state index in [9.17, 15) is 0 Å². The molecule has 17 heavy (non-hydrogen) atoms. The van der Waals surface area contributed by atoms with Crippen LogP contribution >= 0.6 is 11.6 Å². The standard InChI is InChI=1S/C14H15ClN2/c1-11-6-3-4-8-13(11)17(2)10-12-7-5-9-14(15)16-12/h3-9H,10H2,1-2H3.